The first-order valence-corrected chi connectivity index (χ1v) is 9.13. The van der Waals surface area contributed by atoms with Gasteiger partial charge in [-0.3, -0.25) is 0 Å². The number of aromatic nitrogens is 7. The van der Waals surface area contributed by atoms with E-state index >= 15 is 0 Å². The molecule has 0 saturated heterocycles. The molecule has 2 N–H and O–H groups in total. The summed E-state index contributed by atoms with van der Waals surface area (Å²) in [4.78, 5) is 13.1. The summed E-state index contributed by atoms with van der Waals surface area (Å²) in [5, 5.41) is 19.4. The Bertz CT molecular complexity index is 902. The fraction of sp³-hybridized carbons (Fsp3) is 0.444. The first-order chi connectivity index (χ1) is 13.1. The lowest BCUT2D eigenvalue weighted by atomic mass is 10.2. The molecular weight excluding hydrogens is 342 g/mol. The summed E-state index contributed by atoms with van der Waals surface area (Å²) in [5.74, 6) is 3.07. The summed E-state index contributed by atoms with van der Waals surface area (Å²) < 4.78 is 1.80. The number of nitrogens with zero attached hydrogens (tertiary/aromatic N) is 7. The third-order valence-electron chi connectivity index (χ3n) is 4.66. The molecule has 9 nitrogen and oxygen atoms in total. The van der Waals surface area contributed by atoms with Crippen LogP contribution in [0.25, 0.3) is 5.69 Å². The van der Waals surface area contributed by atoms with Crippen molar-refractivity contribution in [2.45, 2.75) is 52.1 Å². The molecule has 3 aromatic rings. The van der Waals surface area contributed by atoms with E-state index in [-0.39, 0.29) is 0 Å². The van der Waals surface area contributed by atoms with Crippen LogP contribution in [0.15, 0.2) is 24.5 Å². The Hall–Kier alpha value is -3.10. The topological polar surface area (TPSA) is 106 Å². The fourth-order valence-corrected chi connectivity index (χ4v) is 3.40. The first-order valence-electron chi connectivity index (χ1n) is 9.13. The smallest absolute Gasteiger partial charge is 0.242 e. The van der Waals surface area contributed by atoms with Gasteiger partial charge in [-0.1, -0.05) is 0 Å². The van der Waals surface area contributed by atoms with Gasteiger partial charge in [0.2, 0.25) is 5.95 Å². The molecule has 0 aliphatic heterocycles. The van der Waals surface area contributed by atoms with Gasteiger partial charge in [-0.05, 0) is 52.2 Å². The van der Waals surface area contributed by atoms with Crippen molar-refractivity contribution in [2.24, 2.45) is 0 Å². The van der Waals surface area contributed by atoms with Crippen LogP contribution in [-0.4, -0.2) is 47.0 Å². The third kappa shape index (κ3) is 4.02. The zero-order valence-corrected chi connectivity index (χ0v) is 15.7. The number of rotatable bonds is 5. The van der Waals surface area contributed by atoms with Crippen LogP contribution in [-0.2, 0) is 0 Å². The Balaban J connectivity index is 1.34. The Kier molecular flexibility index (Phi) is 4.66. The van der Waals surface area contributed by atoms with Crippen molar-refractivity contribution in [3.8, 4) is 5.69 Å². The lowest BCUT2D eigenvalue weighted by Gasteiger charge is -2.15. The summed E-state index contributed by atoms with van der Waals surface area (Å²) >= 11 is 0. The van der Waals surface area contributed by atoms with Crippen LogP contribution < -0.4 is 10.6 Å². The fourth-order valence-electron chi connectivity index (χ4n) is 3.40. The summed E-state index contributed by atoms with van der Waals surface area (Å²) in [7, 11) is 0. The van der Waals surface area contributed by atoms with Crippen LogP contribution in [0.5, 0.6) is 0 Å². The molecule has 0 amide bonds. The van der Waals surface area contributed by atoms with Crippen LogP contribution in [0.4, 0.5) is 11.8 Å². The maximum absolute atomic E-state index is 4.53. The maximum atomic E-state index is 4.53. The van der Waals surface area contributed by atoms with Crippen LogP contribution in [0.1, 0.15) is 36.6 Å². The van der Waals surface area contributed by atoms with Crippen LogP contribution >= 0.6 is 0 Å². The molecule has 0 spiro atoms. The van der Waals surface area contributed by atoms with Crippen molar-refractivity contribution in [2.75, 3.05) is 10.6 Å². The van der Waals surface area contributed by atoms with Crippen LogP contribution in [0.2, 0.25) is 0 Å². The Labute approximate surface area is 157 Å². The van der Waals surface area contributed by atoms with Gasteiger partial charge in [0, 0.05) is 12.1 Å². The monoisotopic (exact) mass is 365 g/mol. The van der Waals surface area contributed by atoms with E-state index in [0.717, 1.165) is 48.1 Å². The highest BCUT2D eigenvalue weighted by molar-refractivity contribution is 5.42. The van der Waals surface area contributed by atoms with E-state index in [1.54, 1.807) is 10.9 Å². The van der Waals surface area contributed by atoms with Crippen molar-refractivity contribution in [1.29, 1.82) is 0 Å². The third-order valence-corrected chi connectivity index (χ3v) is 4.66. The zero-order chi connectivity index (χ0) is 18.8. The van der Waals surface area contributed by atoms with Crippen molar-refractivity contribution >= 4 is 11.8 Å². The highest BCUT2D eigenvalue weighted by atomic mass is 15.3. The molecule has 1 saturated carbocycles. The molecule has 1 aliphatic rings. The molecular formula is C18H23N9. The van der Waals surface area contributed by atoms with Crippen molar-refractivity contribution in [3.63, 3.8) is 0 Å². The Morgan fingerprint density at radius 3 is 2.41 bits per heavy atom. The van der Waals surface area contributed by atoms with E-state index in [2.05, 4.69) is 40.9 Å². The number of hydrogen-bond donors (Lipinski definition) is 2. The predicted octanol–water partition coefficient (Wildman–Crippen LogP) is 2.22. The van der Waals surface area contributed by atoms with E-state index in [4.69, 9.17) is 0 Å². The second-order valence-corrected chi connectivity index (χ2v) is 6.94. The maximum Gasteiger partial charge on any atom is 0.242 e. The number of anilines is 2. The van der Waals surface area contributed by atoms with E-state index in [1.807, 2.05) is 39.1 Å². The van der Waals surface area contributed by atoms with E-state index < -0.39 is 0 Å². The molecule has 27 heavy (non-hydrogen) atoms. The average molecular weight is 365 g/mol. The van der Waals surface area contributed by atoms with E-state index in [9.17, 15) is 0 Å². The van der Waals surface area contributed by atoms with Gasteiger partial charge in [-0.25, -0.2) is 19.6 Å². The molecule has 1 fully saturated rings. The minimum absolute atomic E-state index is 0.340. The summed E-state index contributed by atoms with van der Waals surface area (Å²) in [6.45, 7) is 5.70. The molecule has 3 aromatic heterocycles. The van der Waals surface area contributed by atoms with Crippen molar-refractivity contribution in [3.05, 3.63) is 41.9 Å². The zero-order valence-electron chi connectivity index (χ0n) is 15.7. The van der Waals surface area contributed by atoms with Crippen molar-refractivity contribution < 1.29 is 0 Å². The van der Waals surface area contributed by atoms with Gasteiger partial charge in [-0.15, -0.1) is 5.10 Å². The minimum Gasteiger partial charge on any atom is -0.367 e. The van der Waals surface area contributed by atoms with Crippen molar-refractivity contribution in [1.82, 2.24) is 34.9 Å². The van der Waals surface area contributed by atoms with Gasteiger partial charge in [0.25, 0.3) is 0 Å². The Morgan fingerprint density at radius 2 is 1.78 bits per heavy atom. The Morgan fingerprint density at radius 1 is 0.963 bits per heavy atom. The van der Waals surface area contributed by atoms with E-state index in [1.165, 1.54) is 0 Å². The standard InChI is InChI=1S/C18H23N9/c1-11-9-20-18(25-24-11)23-15-5-4-14(8-15)22-17-7-6-16(10-19-17)27-13(3)21-12(2)26-27/h6-7,9-10,14-15H,4-5,8H2,1-3H3,(H,19,22)(H,20,23,25)/t14-,15-/m0/s1. The number of hydrogen-bond acceptors (Lipinski definition) is 8. The SMILES string of the molecule is Cc1cnc(N[C@H]2CC[C@H](Nc3ccc(-n4nc(C)nc4C)cn3)C2)nn1. The van der Waals surface area contributed by atoms with Gasteiger partial charge < -0.3 is 10.6 Å². The molecule has 9 heteroatoms. The molecule has 140 valence electrons. The first kappa shape index (κ1) is 17.3. The predicted molar refractivity (Wildman–Crippen MR) is 102 cm³/mol. The lowest BCUT2D eigenvalue weighted by Crippen LogP contribution is -2.22. The second-order valence-electron chi connectivity index (χ2n) is 6.94. The average Bonchev–Trinajstić information content (AvgIpc) is 3.23. The largest absolute Gasteiger partial charge is 0.367 e. The van der Waals surface area contributed by atoms with Gasteiger partial charge in [0.1, 0.15) is 17.5 Å². The molecule has 0 radical (unpaired) electrons. The van der Waals surface area contributed by atoms with Gasteiger partial charge >= 0.3 is 0 Å². The highest BCUT2D eigenvalue weighted by Gasteiger charge is 2.25. The normalized spacial score (nSPS) is 19.2. The quantitative estimate of drug-likeness (QED) is 0.709. The summed E-state index contributed by atoms with van der Waals surface area (Å²) in [6.07, 6.45) is 6.66. The molecule has 0 bridgehead atoms. The van der Waals surface area contributed by atoms with Gasteiger partial charge in [0.15, 0.2) is 0 Å². The molecule has 0 unspecified atom stereocenters. The van der Waals surface area contributed by atoms with E-state index in [0.29, 0.717) is 18.0 Å². The number of nitrogens with one attached hydrogen (secondary N) is 2. The van der Waals surface area contributed by atoms with Gasteiger partial charge in [-0.2, -0.15) is 10.2 Å². The second kappa shape index (κ2) is 7.26. The molecule has 2 atom stereocenters. The van der Waals surface area contributed by atoms with Crippen LogP contribution in [0, 0.1) is 20.8 Å². The van der Waals surface area contributed by atoms with Gasteiger partial charge in [0.05, 0.1) is 23.8 Å². The number of aryl methyl sites for hydroxylation is 3. The molecule has 4 rings (SSSR count). The number of pyridine rings is 1. The summed E-state index contributed by atoms with van der Waals surface area (Å²) in [6, 6.07) is 4.70. The highest BCUT2D eigenvalue weighted by Crippen LogP contribution is 2.24. The lowest BCUT2D eigenvalue weighted by molar-refractivity contribution is 0.712. The summed E-state index contributed by atoms with van der Waals surface area (Å²) in [5.41, 5.74) is 1.73. The molecule has 3 heterocycles. The van der Waals surface area contributed by atoms with Crippen LogP contribution in [0.3, 0.4) is 0 Å². The molecule has 1 aliphatic carbocycles. The molecule has 0 aromatic carbocycles. The minimum atomic E-state index is 0.340.